The minimum absolute atomic E-state index is 0.224. The van der Waals surface area contributed by atoms with Crippen molar-refractivity contribution in [2.75, 3.05) is 33.9 Å². The van der Waals surface area contributed by atoms with E-state index in [1.54, 1.807) is 14.2 Å². The van der Waals surface area contributed by atoms with Gasteiger partial charge in [-0.1, -0.05) is 12.1 Å². The highest BCUT2D eigenvalue weighted by Crippen LogP contribution is 2.12. The highest BCUT2D eigenvalue weighted by molar-refractivity contribution is 5.80. The van der Waals surface area contributed by atoms with E-state index in [9.17, 15) is 4.79 Å². The number of benzene rings is 1. The van der Waals surface area contributed by atoms with Crippen LogP contribution in [-0.2, 0) is 16.0 Å². The van der Waals surface area contributed by atoms with Gasteiger partial charge in [0.2, 0.25) is 0 Å². The van der Waals surface area contributed by atoms with Gasteiger partial charge in [0.1, 0.15) is 11.5 Å². The molecule has 1 aromatic rings. The standard InChI is InChI=1S/C14H21NO3/c1-17-10-9-15-11-13(16)6-3-12-4-7-14(18-2)8-5-12/h4-5,7-8,15H,3,6,9-11H2,1-2H3. The monoisotopic (exact) mass is 251 g/mol. The van der Waals surface area contributed by atoms with Crippen molar-refractivity contribution >= 4 is 5.78 Å². The molecule has 0 aliphatic carbocycles. The fraction of sp³-hybridized carbons (Fsp3) is 0.500. The minimum Gasteiger partial charge on any atom is -0.497 e. The summed E-state index contributed by atoms with van der Waals surface area (Å²) in [4.78, 5) is 11.6. The summed E-state index contributed by atoms with van der Waals surface area (Å²) in [6, 6.07) is 7.81. The Balaban J connectivity index is 2.20. The van der Waals surface area contributed by atoms with E-state index in [1.807, 2.05) is 24.3 Å². The molecule has 0 saturated heterocycles. The number of aryl methyl sites for hydroxylation is 1. The number of methoxy groups -OCH3 is 2. The summed E-state index contributed by atoms with van der Waals surface area (Å²) >= 11 is 0. The molecule has 0 unspecified atom stereocenters. The fourth-order valence-electron chi connectivity index (χ4n) is 1.57. The maximum atomic E-state index is 11.6. The number of nitrogens with one attached hydrogen (secondary N) is 1. The number of carbonyl (C=O) groups is 1. The van der Waals surface area contributed by atoms with Crippen LogP contribution < -0.4 is 10.1 Å². The average Bonchev–Trinajstić information content (AvgIpc) is 2.42. The average molecular weight is 251 g/mol. The van der Waals surface area contributed by atoms with Crippen molar-refractivity contribution in [2.45, 2.75) is 12.8 Å². The number of hydrogen-bond donors (Lipinski definition) is 1. The molecule has 0 fully saturated rings. The summed E-state index contributed by atoms with van der Waals surface area (Å²) in [5, 5.41) is 3.05. The number of rotatable bonds is 9. The highest BCUT2D eigenvalue weighted by Gasteiger charge is 2.02. The van der Waals surface area contributed by atoms with Gasteiger partial charge in [0, 0.05) is 20.1 Å². The normalized spacial score (nSPS) is 10.3. The van der Waals surface area contributed by atoms with Gasteiger partial charge in [-0.2, -0.15) is 0 Å². The lowest BCUT2D eigenvalue weighted by Gasteiger charge is -2.05. The molecule has 0 spiro atoms. The second-order valence-corrected chi connectivity index (χ2v) is 4.06. The zero-order valence-electron chi connectivity index (χ0n) is 11.1. The molecular weight excluding hydrogens is 230 g/mol. The molecule has 1 aromatic carbocycles. The summed E-state index contributed by atoms with van der Waals surface area (Å²) in [7, 11) is 3.29. The van der Waals surface area contributed by atoms with Crippen LogP contribution in [0.1, 0.15) is 12.0 Å². The molecule has 1 N–H and O–H groups in total. The number of ether oxygens (including phenoxy) is 2. The van der Waals surface area contributed by atoms with Crippen LogP contribution in [-0.4, -0.2) is 39.7 Å². The molecule has 0 aromatic heterocycles. The van der Waals surface area contributed by atoms with Crippen LogP contribution in [0.2, 0.25) is 0 Å². The quantitative estimate of drug-likeness (QED) is 0.675. The summed E-state index contributed by atoms with van der Waals surface area (Å²) < 4.78 is 9.97. The molecular formula is C14H21NO3. The van der Waals surface area contributed by atoms with Crippen LogP contribution in [0.3, 0.4) is 0 Å². The molecule has 0 bridgehead atoms. The van der Waals surface area contributed by atoms with Crippen LogP contribution in [0.5, 0.6) is 5.75 Å². The van der Waals surface area contributed by atoms with Crippen LogP contribution in [0.25, 0.3) is 0 Å². The van der Waals surface area contributed by atoms with Crippen LogP contribution >= 0.6 is 0 Å². The van der Waals surface area contributed by atoms with E-state index in [-0.39, 0.29) is 5.78 Å². The lowest BCUT2D eigenvalue weighted by atomic mass is 10.1. The molecule has 0 heterocycles. The third kappa shape index (κ3) is 5.80. The number of hydrogen-bond acceptors (Lipinski definition) is 4. The third-order valence-electron chi connectivity index (χ3n) is 2.66. The molecule has 0 atom stereocenters. The van der Waals surface area contributed by atoms with Crippen molar-refractivity contribution in [1.82, 2.24) is 5.32 Å². The van der Waals surface area contributed by atoms with Crippen molar-refractivity contribution in [3.05, 3.63) is 29.8 Å². The van der Waals surface area contributed by atoms with Crippen molar-refractivity contribution in [2.24, 2.45) is 0 Å². The Morgan fingerprint density at radius 3 is 2.56 bits per heavy atom. The molecule has 0 aliphatic rings. The first-order valence-electron chi connectivity index (χ1n) is 6.10. The second kappa shape index (κ2) is 8.66. The third-order valence-corrected chi connectivity index (χ3v) is 2.66. The number of carbonyl (C=O) groups excluding carboxylic acids is 1. The van der Waals surface area contributed by atoms with Crippen molar-refractivity contribution in [1.29, 1.82) is 0 Å². The molecule has 18 heavy (non-hydrogen) atoms. The molecule has 4 heteroatoms. The van der Waals surface area contributed by atoms with Gasteiger partial charge in [-0.25, -0.2) is 0 Å². The number of Topliss-reactive ketones (excluding diaryl/α,β-unsaturated/α-hetero) is 1. The van der Waals surface area contributed by atoms with E-state index < -0.39 is 0 Å². The minimum atomic E-state index is 0.224. The Morgan fingerprint density at radius 2 is 1.94 bits per heavy atom. The second-order valence-electron chi connectivity index (χ2n) is 4.06. The van der Waals surface area contributed by atoms with Crippen LogP contribution in [0.15, 0.2) is 24.3 Å². The van der Waals surface area contributed by atoms with Crippen LogP contribution in [0.4, 0.5) is 0 Å². The van der Waals surface area contributed by atoms with E-state index >= 15 is 0 Å². The van der Waals surface area contributed by atoms with E-state index in [0.29, 0.717) is 26.1 Å². The number of ketones is 1. The maximum Gasteiger partial charge on any atom is 0.146 e. The molecule has 1 rings (SSSR count). The highest BCUT2D eigenvalue weighted by atomic mass is 16.5. The Hall–Kier alpha value is -1.39. The van der Waals surface area contributed by atoms with E-state index in [1.165, 1.54) is 0 Å². The first-order valence-corrected chi connectivity index (χ1v) is 6.10. The first kappa shape index (κ1) is 14.7. The lowest BCUT2D eigenvalue weighted by Crippen LogP contribution is -2.26. The fourth-order valence-corrected chi connectivity index (χ4v) is 1.57. The van der Waals surface area contributed by atoms with Gasteiger partial charge >= 0.3 is 0 Å². The maximum absolute atomic E-state index is 11.6. The van der Waals surface area contributed by atoms with E-state index in [4.69, 9.17) is 9.47 Å². The van der Waals surface area contributed by atoms with Crippen molar-refractivity contribution in [3.8, 4) is 5.75 Å². The Morgan fingerprint density at radius 1 is 1.22 bits per heavy atom. The SMILES string of the molecule is COCCNCC(=O)CCc1ccc(OC)cc1. The topological polar surface area (TPSA) is 47.6 Å². The zero-order chi connectivity index (χ0) is 13.2. The first-order chi connectivity index (χ1) is 8.76. The molecule has 100 valence electrons. The van der Waals surface area contributed by atoms with Gasteiger partial charge in [-0.05, 0) is 24.1 Å². The smallest absolute Gasteiger partial charge is 0.146 e. The van der Waals surface area contributed by atoms with Crippen LogP contribution in [0, 0.1) is 0 Å². The van der Waals surface area contributed by atoms with Crippen molar-refractivity contribution in [3.63, 3.8) is 0 Å². The molecule has 4 nitrogen and oxygen atoms in total. The Bertz CT molecular complexity index is 349. The zero-order valence-corrected chi connectivity index (χ0v) is 11.1. The van der Waals surface area contributed by atoms with E-state index in [2.05, 4.69) is 5.32 Å². The van der Waals surface area contributed by atoms with Gasteiger partial charge in [0.25, 0.3) is 0 Å². The summed E-state index contributed by atoms with van der Waals surface area (Å²) in [5.41, 5.74) is 1.15. The molecule has 0 radical (unpaired) electrons. The van der Waals surface area contributed by atoms with Gasteiger partial charge in [-0.15, -0.1) is 0 Å². The van der Waals surface area contributed by atoms with Gasteiger partial charge in [-0.3, -0.25) is 4.79 Å². The van der Waals surface area contributed by atoms with Gasteiger partial charge in [0.15, 0.2) is 0 Å². The molecule has 0 aliphatic heterocycles. The summed E-state index contributed by atoms with van der Waals surface area (Å²) in [6.07, 6.45) is 1.33. The largest absolute Gasteiger partial charge is 0.497 e. The van der Waals surface area contributed by atoms with E-state index in [0.717, 1.165) is 17.7 Å². The Kier molecular flexibility index (Phi) is 7.06. The molecule has 0 saturated carbocycles. The molecule has 0 amide bonds. The van der Waals surface area contributed by atoms with Gasteiger partial charge in [0.05, 0.1) is 20.3 Å². The predicted molar refractivity (Wildman–Crippen MR) is 71.1 cm³/mol. The summed E-state index contributed by atoms with van der Waals surface area (Å²) in [5.74, 6) is 1.06. The lowest BCUT2D eigenvalue weighted by molar-refractivity contribution is -0.118. The Labute approximate surface area is 108 Å². The van der Waals surface area contributed by atoms with Crippen molar-refractivity contribution < 1.29 is 14.3 Å². The summed E-state index contributed by atoms with van der Waals surface area (Å²) in [6.45, 7) is 1.76. The van der Waals surface area contributed by atoms with Gasteiger partial charge < -0.3 is 14.8 Å². The predicted octanol–water partition coefficient (Wildman–Crippen LogP) is 1.43.